The van der Waals surface area contributed by atoms with Crippen molar-refractivity contribution >= 4 is 12.2 Å². The summed E-state index contributed by atoms with van der Waals surface area (Å²) in [5.74, 6) is 1.95. The quantitative estimate of drug-likeness (QED) is 0.608. The summed E-state index contributed by atoms with van der Waals surface area (Å²) in [5, 5.41) is 4.87. The number of benzene rings is 2. The third-order valence-electron chi connectivity index (χ3n) is 5.77. The molecule has 1 saturated heterocycles. The van der Waals surface area contributed by atoms with Crippen LogP contribution in [-0.4, -0.2) is 27.5 Å². The van der Waals surface area contributed by atoms with Crippen molar-refractivity contribution in [1.82, 2.24) is 14.3 Å². The van der Waals surface area contributed by atoms with E-state index in [1.165, 1.54) is 28.9 Å². The largest absolute Gasteiger partial charge is 0.494 e. The van der Waals surface area contributed by atoms with Crippen LogP contribution in [0.4, 0.5) is 0 Å². The van der Waals surface area contributed by atoms with E-state index in [4.69, 9.17) is 22.1 Å². The summed E-state index contributed by atoms with van der Waals surface area (Å²) in [5.41, 5.74) is 2.62. The zero-order chi connectivity index (χ0) is 20.2. The minimum atomic E-state index is 0.479. The van der Waals surface area contributed by atoms with Crippen LogP contribution < -0.4 is 9.64 Å². The summed E-state index contributed by atoms with van der Waals surface area (Å²) in [6.45, 7) is 4.66. The van der Waals surface area contributed by atoms with Crippen LogP contribution >= 0.6 is 12.2 Å². The van der Waals surface area contributed by atoms with Gasteiger partial charge in [-0.3, -0.25) is 0 Å². The topological polar surface area (TPSA) is 36.4 Å². The molecule has 1 aliphatic rings. The molecule has 29 heavy (non-hydrogen) atoms. The van der Waals surface area contributed by atoms with Crippen LogP contribution in [0.2, 0.25) is 0 Å². The molecular weight excluding hydrogens is 380 g/mol. The Hall–Kier alpha value is -2.44. The van der Waals surface area contributed by atoms with E-state index in [9.17, 15) is 0 Å². The Morgan fingerprint density at radius 1 is 1.14 bits per heavy atom. The van der Waals surface area contributed by atoms with Crippen LogP contribution in [0.5, 0.6) is 5.75 Å². The lowest BCUT2D eigenvalue weighted by atomic mass is 10.0. The minimum absolute atomic E-state index is 0.479. The highest BCUT2D eigenvalue weighted by molar-refractivity contribution is 7.71. The number of nitrogens with zero attached hydrogens (tertiary/aromatic N) is 3. The van der Waals surface area contributed by atoms with Crippen LogP contribution in [-0.2, 0) is 20.1 Å². The van der Waals surface area contributed by atoms with Crippen LogP contribution in [0.15, 0.2) is 54.6 Å². The van der Waals surface area contributed by atoms with Crippen molar-refractivity contribution in [2.75, 3.05) is 13.2 Å². The molecule has 0 radical (unpaired) electrons. The monoisotopic (exact) mass is 409 g/mol. The molecule has 6 heteroatoms. The highest BCUT2D eigenvalue weighted by Gasteiger charge is 2.30. The van der Waals surface area contributed by atoms with Crippen molar-refractivity contribution in [1.29, 1.82) is 0 Å². The van der Waals surface area contributed by atoms with E-state index in [-0.39, 0.29) is 0 Å². The predicted octanol–water partition coefficient (Wildman–Crippen LogP) is 3.32. The summed E-state index contributed by atoms with van der Waals surface area (Å²) < 4.78 is 10.4. The fourth-order valence-corrected chi connectivity index (χ4v) is 4.44. The maximum Gasteiger partial charge on any atom is 0.202 e. The number of aromatic nitrogens is 3. The van der Waals surface area contributed by atoms with E-state index in [1.807, 2.05) is 29.3 Å². The molecule has 2 heterocycles. The van der Waals surface area contributed by atoms with E-state index in [2.05, 4.69) is 48.5 Å². The molecule has 2 atom stereocenters. The molecule has 0 bridgehead atoms. The van der Waals surface area contributed by atoms with Crippen LogP contribution in [0.25, 0.3) is 0 Å². The normalized spacial score (nSPS) is 18.8. The number of likely N-dealkylation sites (tertiary alicyclic amines) is 1. The van der Waals surface area contributed by atoms with Crippen LogP contribution in [0.3, 0.4) is 0 Å². The van der Waals surface area contributed by atoms with E-state index in [0.717, 1.165) is 36.0 Å². The molecule has 3 aromatic rings. The Morgan fingerprint density at radius 3 is 2.62 bits per heavy atom. The molecule has 4 rings (SSSR count). The lowest BCUT2D eigenvalue weighted by Gasteiger charge is -2.21. The molecule has 0 aliphatic carbocycles. The SMILES string of the molecule is CCOc1ccc([C@H]2CCC[NH+]2Cn2nc(Cc3ccccc3)n(C)c2=S)cc1. The van der Waals surface area contributed by atoms with E-state index in [1.54, 1.807) is 0 Å². The smallest absolute Gasteiger partial charge is 0.202 e. The number of nitrogens with one attached hydrogen (secondary N) is 1. The van der Waals surface area contributed by atoms with Crippen LogP contribution in [0.1, 0.15) is 42.8 Å². The molecule has 1 N–H and O–H groups in total. The van der Waals surface area contributed by atoms with Gasteiger partial charge in [0.25, 0.3) is 0 Å². The van der Waals surface area contributed by atoms with Gasteiger partial charge in [0.1, 0.15) is 17.6 Å². The first-order valence-electron chi connectivity index (χ1n) is 10.4. The average molecular weight is 410 g/mol. The summed E-state index contributed by atoms with van der Waals surface area (Å²) in [4.78, 5) is 1.52. The molecule has 1 unspecified atom stereocenters. The Labute approximate surface area is 177 Å². The van der Waals surface area contributed by atoms with Gasteiger partial charge < -0.3 is 14.2 Å². The molecule has 0 spiro atoms. The number of rotatable bonds is 7. The molecule has 152 valence electrons. The first kappa shape index (κ1) is 19.9. The fourth-order valence-electron chi connectivity index (χ4n) is 4.23. The van der Waals surface area contributed by atoms with Crippen molar-refractivity contribution in [2.24, 2.45) is 7.05 Å². The van der Waals surface area contributed by atoms with Crippen LogP contribution in [0, 0.1) is 4.77 Å². The van der Waals surface area contributed by atoms with E-state index in [0.29, 0.717) is 12.6 Å². The molecule has 1 aliphatic heterocycles. The van der Waals surface area contributed by atoms with Gasteiger partial charge in [0.2, 0.25) is 4.77 Å². The standard InChI is InChI=1S/C23H28N4OS/c1-3-28-20-13-11-19(12-14-20)21-10-7-15-26(21)17-27-23(29)25(2)22(24-27)16-18-8-5-4-6-9-18/h4-6,8-9,11-14,21H,3,7,10,15-17H2,1-2H3/p+1/t21-/m1/s1. The lowest BCUT2D eigenvalue weighted by Crippen LogP contribution is -3.09. The van der Waals surface area contributed by atoms with Gasteiger partial charge >= 0.3 is 0 Å². The van der Waals surface area contributed by atoms with Gasteiger partial charge in [0.05, 0.1) is 13.2 Å². The van der Waals surface area contributed by atoms with Crippen molar-refractivity contribution < 1.29 is 9.64 Å². The Bertz CT molecular complexity index is 994. The maximum atomic E-state index is 5.70. The number of quaternary nitrogens is 1. The van der Waals surface area contributed by atoms with E-state index >= 15 is 0 Å². The van der Waals surface area contributed by atoms with Crippen molar-refractivity contribution in [3.8, 4) is 5.75 Å². The molecule has 2 aromatic carbocycles. The number of hydrogen-bond donors (Lipinski definition) is 1. The second-order valence-corrected chi connectivity index (χ2v) is 8.05. The first-order chi connectivity index (χ1) is 14.2. The number of hydrogen-bond acceptors (Lipinski definition) is 3. The third-order valence-corrected chi connectivity index (χ3v) is 6.25. The Balaban J connectivity index is 1.50. The first-order valence-corrected chi connectivity index (χ1v) is 10.8. The summed E-state index contributed by atoms with van der Waals surface area (Å²) in [7, 11) is 2.02. The number of ether oxygens (including phenoxy) is 1. The Morgan fingerprint density at radius 2 is 1.90 bits per heavy atom. The zero-order valence-corrected chi connectivity index (χ0v) is 18.0. The lowest BCUT2D eigenvalue weighted by molar-refractivity contribution is -0.941. The minimum Gasteiger partial charge on any atom is -0.494 e. The summed E-state index contributed by atoms with van der Waals surface area (Å²) in [6, 6.07) is 19.5. The molecule has 0 saturated carbocycles. The third kappa shape index (κ3) is 4.43. The predicted molar refractivity (Wildman–Crippen MR) is 117 cm³/mol. The van der Waals surface area contributed by atoms with Gasteiger partial charge in [-0.25, -0.2) is 0 Å². The van der Waals surface area contributed by atoms with Gasteiger partial charge in [0.15, 0.2) is 6.67 Å². The fraction of sp³-hybridized carbons (Fsp3) is 0.391. The molecule has 0 amide bonds. The second kappa shape index (κ2) is 8.93. The van der Waals surface area contributed by atoms with Crippen molar-refractivity contribution in [3.05, 3.63) is 76.3 Å². The zero-order valence-electron chi connectivity index (χ0n) is 17.2. The molecule has 1 fully saturated rings. The highest BCUT2D eigenvalue weighted by Crippen LogP contribution is 2.22. The molecular formula is C23H29N4OS+. The van der Waals surface area contributed by atoms with Crippen molar-refractivity contribution in [2.45, 2.75) is 38.9 Å². The second-order valence-electron chi connectivity index (χ2n) is 7.68. The maximum absolute atomic E-state index is 5.70. The van der Waals surface area contributed by atoms with Gasteiger partial charge in [0, 0.05) is 31.9 Å². The summed E-state index contributed by atoms with van der Waals surface area (Å²) >= 11 is 5.70. The summed E-state index contributed by atoms with van der Waals surface area (Å²) in [6.07, 6.45) is 3.22. The van der Waals surface area contributed by atoms with Gasteiger partial charge in [-0.05, 0) is 49.0 Å². The van der Waals surface area contributed by atoms with Gasteiger partial charge in [-0.15, -0.1) is 0 Å². The van der Waals surface area contributed by atoms with E-state index < -0.39 is 0 Å². The van der Waals surface area contributed by atoms with Gasteiger partial charge in [-0.1, -0.05) is 30.3 Å². The Kier molecular flexibility index (Phi) is 6.11. The highest BCUT2D eigenvalue weighted by atomic mass is 32.1. The molecule has 1 aromatic heterocycles. The molecule has 5 nitrogen and oxygen atoms in total. The van der Waals surface area contributed by atoms with Crippen molar-refractivity contribution in [3.63, 3.8) is 0 Å². The average Bonchev–Trinajstić information content (AvgIpc) is 3.30. The van der Waals surface area contributed by atoms with Gasteiger partial charge in [-0.2, -0.15) is 9.78 Å².